The average Bonchev–Trinajstić information content (AvgIpc) is 3.61. The molecule has 0 saturated carbocycles. The smallest absolute Gasteiger partial charge is 0.150 e. The van der Waals surface area contributed by atoms with E-state index in [4.69, 9.17) is 9.72 Å². The summed E-state index contributed by atoms with van der Waals surface area (Å²) < 4.78 is 7.11. The van der Waals surface area contributed by atoms with Crippen molar-refractivity contribution in [2.24, 2.45) is 0 Å². The third-order valence-electron chi connectivity index (χ3n) is 7.59. The van der Waals surface area contributed by atoms with Crippen LogP contribution in [0.3, 0.4) is 0 Å². The van der Waals surface area contributed by atoms with Gasteiger partial charge in [-0.15, -0.1) is 11.3 Å². The molecule has 2 aliphatic rings. The number of piperazine rings is 1. The van der Waals surface area contributed by atoms with Gasteiger partial charge >= 0.3 is 0 Å². The number of hydrogen-bond acceptors (Lipinski definition) is 9. The molecule has 6 heterocycles. The summed E-state index contributed by atoms with van der Waals surface area (Å²) in [6.45, 7) is 8.28. The Balaban J connectivity index is 1.10. The first-order valence-electron chi connectivity index (χ1n) is 13.2. The van der Waals surface area contributed by atoms with E-state index in [2.05, 4.69) is 65.2 Å². The van der Waals surface area contributed by atoms with E-state index >= 15 is 0 Å². The van der Waals surface area contributed by atoms with Crippen molar-refractivity contribution in [1.82, 2.24) is 34.9 Å². The van der Waals surface area contributed by atoms with E-state index in [0.717, 1.165) is 72.8 Å². The summed E-state index contributed by atoms with van der Waals surface area (Å²) in [6, 6.07) is 12.8. The average molecular weight is 527 g/mol. The van der Waals surface area contributed by atoms with Crippen LogP contribution in [0.4, 0.5) is 5.82 Å². The number of aromatic amines is 1. The van der Waals surface area contributed by atoms with Crippen LogP contribution in [0.5, 0.6) is 0 Å². The van der Waals surface area contributed by atoms with Gasteiger partial charge < -0.3 is 9.64 Å². The first-order valence-corrected chi connectivity index (χ1v) is 14.0. The molecule has 2 fully saturated rings. The number of hydrogen-bond donors (Lipinski definition) is 1. The number of fused-ring (bicyclic) bond motifs is 2. The molecule has 5 aromatic rings. The zero-order chi connectivity index (χ0) is 25.3. The van der Waals surface area contributed by atoms with Gasteiger partial charge in [-0.25, -0.2) is 9.97 Å². The lowest BCUT2D eigenvalue weighted by atomic mass is 10.0. The highest BCUT2D eigenvalue weighted by Crippen LogP contribution is 2.38. The molecule has 7 rings (SSSR count). The first-order chi connectivity index (χ1) is 18.8. The number of aromatic nitrogens is 5. The molecule has 1 N–H and O–H groups in total. The summed E-state index contributed by atoms with van der Waals surface area (Å²) in [5.74, 6) is 1.00. The highest BCUT2D eigenvalue weighted by molar-refractivity contribution is 7.19. The van der Waals surface area contributed by atoms with E-state index in [1.165, 1.54) is 16.0 Å². The number of nitrogens with zero attached hydrogens (tertiary/aromatic N) is 7. The summed E-state index contributed by atoms with van der Waals surface area (Å²) in [4.78, 5) is 22.5. The summed E-state index contributed by atoms with van der Waals surface area (Å²) in [5.41, 5.74) is 4.56. The van der Waals surface area contributed by atoms with Crippen LogP contribution in [0, 0.1) is 0 Å². The molecule has 1 atom stereocenters. The molecule has 2 aliphatic heterocycles. The molecule has 38 heavy (non-hydrogen) atoms. The highest BCUT2D eigenvalue weighted by Gasteiger charge is 2.29. The maximum atomic E-state index is 5.95. The summed E-state index contributed by atoms with van der Waals surface area (Å²) in [5, 5.41) is 8.50. The van der Waals surface area contributed by atoms with Gasteiger partial charge in [-0.1, -0.05) is 18.2 Å². The molecule has 2 saturated heterocycles. The Morgan fingerprint density at radius 2 is 1.87 bits per heavy atom. The minimum atomic E-state index is 0.0709. The van der Waals surface area contributed by atoms with Gasteiger partial charge in [-0.2, -0.15) is 5.10 Å². The van der Waals surface area contributed by atoms with E-state index < -0.39 is 0 Å². The van der Waals surface area contributed by atoms with E-state index in [1.807, 2.05) is 36.0 Å². The van der Waals surface area contributed by atoms with Crippen LogP contribution in [-0.2, 0) is 17.8 Å². The van der Waals surface area contributed by atoms with E-state index in [1.54, 1.807) is 6.33 Å². The van der Waals surface area contributed by atoms with Gasteiger partial charge in [0.2, 0.25) is 0 Å². The minimum Gasteiger partial charge on any atom is -0.377 e. The number of morpholine rings is 1. The fourth-order valence-electron chi connectivity index (χ4n) is 5.65. The van der Waals surface area contributed by atoms with Crippen molar-refractivity contribution in [1.29, 1.82) is 0 Å². The van der Waals surface area contributed by atoms with Gasteiger partial charge in [0.25, 0.3) is 0 Å². The van der Waals surface area contributed by atoms with Gasteiger partial charge in [0.05, 0.1) is 41.2 Å². The summed E-state index contributed by atoms with van der Waals surface area (Å²) in [6.07, 6.45) is 7.42. The second-order valence-electron chi connectivity index (χ2n) is 10.0. The topological polar surface area (TPSA) is 86.3 Å². The number of H-pyrrole nitrogens is 1. The Bertz CT molecular complexity index is 1530. The number of thiophene rings is 1. The first kappa shape index (κ1) is 23.7. The predicted molar refractivity (Wildman–Crippen MR) is 149 cm³/mol. The third-order valence-corrected chi connectivity index (χ3v) is 8.70. The second-order valence-corrected chi connectivity index (χ2v) is 11.1. The Kier molecular flexibility index (Phi) is 6.46. The SMILES string of the molecule is c1cncc(CN2CCN(Cc3cc4ncnc(N5CCOCC5c5cccc6[nH]ncc56)c4s3)CC2)c1. The zero-order valence-electron chi connectivity index (χ0n) is 21.2. The molecule has 1 aromatic carbocycles. The van der Waals surface area contributed by atoms with Crippen LogP contribution in [0.25, 0.3) is 21.1 Å². The molecule has 0 spiro atoms. The predicted octanol–water partition coefficient (Wildman–Crippen LogP) is 3.86. The Hall–Kier alpha value is -3.44. The van der Waals surface area contributed by atoms with E-state index in [9.17, 15) is 0 Å². The molecular weight excluding hydrogens is 496 g/mol. The van der Waals surface area contributed by atoms with Crippen LogP contribution in [0.1, 0.15) is 22.0 Å². The summed E-state index contributed by atoms with van der Waals surface area (Å²) in [7, 11) is 0. The number of anilines is 1. The van der Waals surface area contributed by atoms with Crippen LogP contribution in [0.2, 0.25) is 0 Å². The highest BCUT2D eigenvalue weighted by atomic mass is 32.1. The van der Waals surface area contributed by atoms with Crippen molar-refractivity contribution in [3.05, 3.63) is 77.3 Å². The van der Waals surface area contributed by atoms with Crippen LogP contribution in [0.15, 0.2) is 61.3 Å². The lowest BCUT2D eigenvalue weighted by molar-refractivity contribution is 0.0942. The maximum Gasteiger partial charge on any atom is 0.150 e. The standard InChI is InChI=1S/C28H30N8OS/c1-4-22(23-15-32-33-24(23)5-1)26-18-37-12-11-36(26)28-27-25(30-19-31-28)13-21(38-27)17-35-9-7-34(8-10-35)16-20-3-2-6-29-14-20/h1-6,13-15,19,26H,7-12,16-18H2,(H,32,33). The number of benzene rings is 1. The fourth-order valence-corrected chi connectivity index (χ4v) is 6.80. The monoisotopic (exact) mass is 526 g/mol. The molecular formula is C28H30N8OS. The second kappa shape index (κ2) is 10.4. The van der Waals surface area contributed by atoms with Gasteiger partial charge in [0, 0.05) is 68.5 Å². The minimum absolute atomic E-state index is 0.0709. The van der Waals surface area contributed by atoms with Gasteiger partial charge in [0.15, 0.2) is 5.82 Å². The molecule has 4 aromatic heterocycles. The third kappa shape index (κ3) is 4.64. The van der Waals surface area contributed by atoms with Gasteiger partial charge in [-0.05, 0) is 29.3 Å². The van der Waals surface area contributed by atoms with Crippen LogP contribution >= 0.6 is 11.3 Å². The van der Waals surface area contributed by atoms with E-state index in [-0.39, 0.29) is 6.04 Å². The fraction of sp³-hybridized carbons (Fsp3) is 0.357. The number of rotatable bonds is 6. The molecule has 0 aliphatic carbocycles. The van der Waals surface area contributed by atoms with Crippen molar-refractivity contribution in [3.8, 4) is 0 Å². The van der Waals surface area contributed by atoms with Crippen LogP contribution in [-0.4, -0.2) is 80.9 Å². The zero-order valence-corrected chi connectivity index (χ0v) is 22.0. The lowest BCUT2D eigenvalue weighted by Gasteiger charge is -2.37. The normalized spacial score (nSPS) is 19.5. The molecule has 194 valence electrons. The quantitative estimate of drug-likeness (QED) is 0.357. The Morgan fingerprint density at radius 3 is 2.74 bits per heavy atom. The van der Waals surface area contributed by atoms with Crippen molar-refractivity contribution >= 4 is 38.3 Å². The maximum absolute atomic E-state index is 5.95. The number of ether oxygens (including phenoxy) is 1. The van der Waals surface area contributed by atoms with E-state index in [0.29, 0.717) is 13.2 Å². The van der Waals surface area contributed by atoms with Crippen molar-refractivity contribution in [2.45, 2.75) is 19.1 Å². The Morgan fingerprint density at radius 1 is 0.974 bits per heavy atom. The molecule has 0 radical (unpaired) electrons. The van der Waals surface area contributed by atoms with Crippen molar-refractivity contribution in [2.75, 3.05) is 50.8 Å². The van der Waals surface area contributed by atoms with Crippen LogP contribution < -0.4 is 4.90 Å². The number of pyridine rings is 1. The van der Waals surface area contributed by atoms with Crippen molar-refractivity contribution < 1.29 is 4.74 Å². The molecule has 0 amide bonds. The molecule has 0 bridgehead atoms. The summed E-state index contributed by atoms with van der Waals surface area (Å²) >= 11 is 1.83. The molecule has 1 unspecified atom stereocenters. The largest absolute Gasteiger partial charge is 0.377 e. The van der Waals surface area contributed by atoms with Gasteiger partial charge in [0.1, 0.15) is 6.33 Å². The Labute approximate surface area is 225 Å². The number of nitrogens with one attached hydrogen (secondary N) is 1. The molecule has 10 heteroatoms. The van der Waals surface area contributed by atoms with Crippen molar-refractivity contribution in [3.63, 3.8) is 0 Å². The van der Waals surface area contributed by atoms with Gasteiger partial charge in [-0.3, -0.25) is 19.9 Å². The lowest BCUT2D eigenvalue weighted by Crippen LogP contribution is -2.45. The molecule has 9 nitrogen and oxygen atoms in total.